The third kappa shape index (κ3) is 2.72. The van der Waals surface area contributed by atoms with E-state index in [2.05, 4.69) is 5.10 Å². The number of halogens is 1. The third-order valence-electron chi connectivity index (χ3n) is 5.43. The molecule has 126 valence electrons. The molecule has 24 heavy (non-hydrogen) atoms. The van der Waals surface area contributed by atoms with Gasteiger partial charge in [0.2, 0.25) is 0 Å². The number of hydrogen-bond acceptors (Lipinski definition) is 2. The Morgan fingerprint density at radius 3 is 2.71 bits per heavy atom. The number of carbonyl (C=O) groups is 1. The van der Waals surface area contributed by atoms with Gasteiger partial charge in [-0.2, -0.15) is 5.10 Å². The minimum Gasteiger partial charge on any atom is -0.335 e. The first-order valence-corrected chi connectivity index (χ1v) is 8.84. The molecule has 2 aromatic rings. The number of nitrogens with zero attached hydrogens (tertiary/aromatic N) is 3. The molecule has 1 aliphatic heterocycles. The molecule has 1 saturated heterocycles. The molecule has 1 atom stereocenters. The summed E-state index contributed by atoms with van der Waals surface area (Å²) in [7, 11) is 0. The quantitative estimate of drug-likeness (QED) is 0.860. The van der Waals surface area contributed by atoms with Gasteiger partial charge in [-0.05, 0) is 43.7 Å². The Morgan fingerprint density at radius 2 is 1.92 bits per heavy atom. The van der Waals surface area contributed by atoms with Gasteiger partial charge in [0.15, 0.2) is 0 Å². The van der Waals surface area contributed by atoms with Gasteiger partial charge in [-0.1, -0.05) is 25.0 Å². The summed E-state index contributed by atoms with van der Waals surface area (Å²) in [6.07, 6.45) is 10.4. The number of benzene rings is 1. The van der Waals surface area contributed by atoms with Crippen LogP contribution in [0.3, 0.4) is 0 Å². The van der Waals surface area contributed by atoms with Crippen molar-refractivity contribution in [2.24, 2.45) is 5.92 Å². The lowest BCUT2D eigenvalue weighted by Crippen LogP contribution is -2.39. The molecule has 0 radical (unpaired) electrons. The molecule has 2 heterocycles. The average Bonchev–Trinajstić information content (AvgIpc) is 3.34. The van der Waals surface area contributed by atoms with Crippen LogP contribution in [0.15, 0.2) is 36.7 Å². The maximum atomic E-state index is 13.9. The van der Waals surface area contributed by atoms with E-state index in [0.717, 1.165) is 19.4 Å². The van der Waals surface area contributed by atoms with Crippen LogP contribution in [0.5, 0.6) is 0 Å². The summed E-state index contributed by atoms with van der Waals surface area (Å²) in [5.41, 5.74) is 0.911. The number of hydrogen-bond donors (Lipinski definition) is 0. The van der Waals surface area contributed by atoms with Crippen molar-refractivity contribution in [2.45, 2.75) is 44.6 Å². The van der Waals surface area contributed by atoms with Gasteiger partial charge in [0.1, 0.15) is 11.5 Å². The molecule has 1 aliphatic carbocycles. The van der Waals surface area contributed by atoms with Crippen molar-refractivity contribution in [3.05, 3.63) is 48.0 Å². The smallest absolute Gasteiger partial charge is 0.257 e. The van der Waals surface area contributed by atoms with Crippen LogP contribution in [0.2, 0.25) is 0 Å². The first-order valence-electron chi connectivity index (χ1n) is 8.84. The van der Waals surface area contributed by atoms with E-state index in [9.17, 15) is 9.18 Å². The Kier molecular flexibility index (Phi) is 4.08. The molecular weight excluding hydrogens is 305 g/mol. The first-order chi connectivity index (χ1) is 11.7. The summed E-state index contributed by atoms with van der Waals surface area (Å²) in [5, 5.41) is 4.19. The summed E-state index contributed by atoms with van der Waals surface area (Å²) < 4.78 is 15.3. The zero-order chi connectivity index (χ0) is 16.5. The van der Waals surface area contributed by atoms with E-state index in [1.54, 1.807) is 30.6 Å². The number of amides is 1. The number of aromatic nitrogens is 2. The van der Waals surface area contributed by atoms with Gasteiger partial charge in [0.25, 0.3) is 5.91 Å². The molecule has 0 unspecified atom stereocenters. The van der Waals surface area contributed by atoms with Crippen LogP contribution in [-0.4, -0.2) is 33.2 Å². The highest BCUT2D eigenvalue weighted by molar-refractivity contribution is 5.94. The fraction of sp³-hybridized carbons (Fsp3) is 0.474. The van der Waals surface area contributed by atoms with E-state index in [4.69, 9.17) is 0 Å². The molecule has 1 saturated carbocycles. The average molecular weight is 327 g/mol. The van der Waals surface area contributed by atoms with E-state index in [-0.39, 0.29) is 11.7 Å². The third-order valence-corrected chi connectivity index (χ3v) is 5.43. The van der Waals surface area contributed by atoms with Crippen LogP contribution in [0.4, 0.5) is 4.39 Å². The highest BCUT2D eigenvalue weighted by Crippen LogP contribution is 2.36. The van der Waals surface area contributed by atoms with Gasteiger partial charge >= 0.3 is 0 Å². The van der Waals surface area contributed by atoms with Crippen molar-refractivity contribution in [1.82, 2.24) is 14.7 Å². The molecule has 0 bridgehead atoms. The van der Waals surface area contributed by atoms with Crippen LogP contribution in [-0.2, 0) is 0 Å². The molecule has 5 heteroatoms. The number of carbonyl (C=O) groups excluding carboxylic acids is 1. The van der Waals surface area contributed by atoms with E-state index in [1.807, 2.05) is 4.90 Å². The molecule has 1 amide bonds. The second kappa shape index (κ2) is 6.38. The second-order valence-electron chi connectivity index (χ2n) is 6.88. The van der Waals surface area contributed by atoms with Crippen LogP contribution >= 0.6 is 0 Å². The molecular formula is C19H22FN3O. The maximum absolute atomic E-state index is 13.9. The van der Waals surface area contributed by atoms with E-state index >= 15 is 0 Å². The molecule has 2 aliphatic rings. The Bertz CT molecular complexity index is 736. The highest BCUT2D eigenvalue weighted by Gasteiger charge is 2.36. The lowest BCUT2D eigenvalue weighted by molar-refractivity contribution is 0.0689. The fourth-order valence-electron chi connectivity index (χ4n) is 4.25. The monoisotopic (exact) mass is 327 g/mol. The van der Waals surface area contributed by atoms with Gasteiger partial charge in [-0.3, -0.25) is 4.79 Å². The van der Waals surface area contributed by atoms with Gasteiger partial charge < -0.3 is 4.90 Å². The summed E-state index contributed by atoms with van der Waals surface area (Å²) in [5.74, 6) is 0.342. The van der Waals surface area contributed by atoms with Crippen LogP contribution in [0, 0.1) is 11.7 Å². The van der Waals surface area contributed by atoms with Crippen molar-refractivity contribution in [3.8, 4) is 5.69 Å². The summed E-state index contributed by atoms with van der Waals surface area (Å²) >= 11 is 0. The minimum atomic E-state index is -0.343. The largest absolute Gasteiger partial charge is 0.335 e. The SMILES string of the molecule is O=C(c1cnn(-c2ccccc2F)c1)N1CCC[C@H]1C1CCCC1. The first kappa shape index (κ1) is 15.4. The molecule has 2 fully saturated rings. The van der Waals surface area contributed by atoms with Gasteiger partial charge in [-0.15, -0.1) is 0 Å². The van der Waals surface area contributed by atoms with Gasteiger partial charge in [-0.25, -0.2) is 9.07 Å². The second-order valence-corrected chi connectivity index (χ2v) is 6.88. The topological polar surface area (TPSA) is 38.1 Å². The van der Waals surface area contributed by atoms with Gasteiger partial charge in [0, 0.05) is 18.8 Å². The number of likely N-dealkylation sites (tertiary alicyclic amines) is 1. The normalized spacial score (nSPS) is 21.5. The summed E-state index contributed by atoms with van der Waals surface area (Å²) in [4.78, 5) is 14.9. The minimum absolute atomic E-state index is 0.0342. The summed E-state index contributed by atoms with van der Waals surface area (Å²) in [6.45, 7) is 0.824. The number of rotatable bonds is 3. The molecule has 0 spiro atoms. The van der Waals surface area contributed by atoms with Crippen LogP contribution < -0.4 is 0 Å². The molecule has 0 N–H and O–H groups in total. The molecule has 4 rings (SSSR count). The fourth-order valence-corrected chi connectivity index (χ4v) is 4.25. The summed E-state index contributed by atoms with van der Waals surface area (Å²) in [6, 6.07) is 6.84. The lowest BCUT2D eigenvalue weighted by atomic mass is 9.96. The molecule has 1 aromatic carbocycles. The standard InChI is InChI=1S/C19H22FN3O/c20-16-8-3-4-9-18(16)23-13-15(12-21-23)19(24)22-11-5-10-17(22)14-6-1-2-7-14/h3-4,8-9,12-14,17H,1-2,5-7,10-11H2/t17-/m0/s1. The predicted molar refractivity (Wildman–Crippen MR) is 89.5 cm³/mol. The van der Waals surface area contributed by atoms with E-state index in [0.29, 0.717) is 23.2 Å². The predicted octanol–water partition coefficient (Wildman–Crippen LogP) is 3.81. The maximum Gasteiger partial charge on any atom is 0.257 e. The van der Waals surface area contributed by atoms with E-state index < -0.39 is 0 Å². The van der Waals surface area contributed by atoms with E-state index in [1.165, 1.54) is 36.4 Å². The Morgan fingerprint density at radius 1 is 1.12 bits per heavy atom. The Hall–Kier alpha value is -2.17. The number of para-hydroxylation sites is 1. The van der Waals surface area contributed by atoms with Crippen LogP contribution in [0.25, 0.3) is 5.69 Å². The van der Waals surface area contributed by atoms with Gasteiger partial charge in [0.05, 0.1) is 11.8 Å². The van der Waals surface area contributed by atoms with Crippen molar-refractivity contribution < 1.29 is 9.18 Å². The Balaban J connectivity index is 1.55. The zero-order valence-corrected chi connectivity index (χ0v) is 13.7. The highest BCUT2D eigenvalue weighted by atomic mass is 19.1. The van der Waals surface area contributed by atoms with Crippen molar-refractivity contribution in [3.63, 3.8) is 0 Å². The molecule has 1 aromatic heterocycles. The van der Waals surface area contributed by atoms with Crippen LogP contribution in [0.1, 0.15) is 48.9 Å². The van der Waals surface area contributed by atoms with Crippen molar-refractivity contribution >= 4 is 5.91 Å². The zero-order valence-electron chi connectivity index (χ0n) is 13.7. The Labute approximate surface area is 141 Å². The molecule has 4 nitrogen and oxygen atoms in total. The lowest BCUT2D eigenvalue weighted by Gasteiger charge is -2.29. The van der Waals surface area contributed by atoms with Crippen molar-refractivity contribution in [1.29, 1.82) is 0 Å². The van der Waals surface area contributed by atoms with Crippen molar-refractivity contribution in [2.75, 3.05) is 6.54 Å².